The Morgan fingerprint density at radius 3 is 2.50 bits per heavy atom. The van der Waals surface area contributed by atoms with Gasteiger partial charge in [0.05, 0.1) is 6.61 Å². The molecule has 0 N–H and O–H groups in total. The van der Waals surface area contributed by atoms with Crippen molar-refractivity contribution in [3.05, 3.63) is 76.8 Å². The molecule has 0 aliphatic carbocycles. The van der Waals surface area contributed by atoms with Crippen molar-refractivity contribution >= 4 is 25.1 Å². The zero-order valence-corrected chi connectivity index (χ0v) is 18.1. The lowest BCUT2D eigenvalue weighted by Gasteiger charge is -2.28. The lowest BCUT2D eigenvalue weighted by atomic mass is 10.0. The van der Waals surface area contributed by atoms with Gasteiger partial charge in [0.15, 0.2) is 0 Å². The number of aryl methyl sites for hydroxylation is 1. The molecule has 1 heterocycles. The summed E-state index contributed by atoms with van der Waals surface area (Å²) in [7, 11) is -0.760. The fraction of sp³-hybridized carbons (Fsp3) is 0.250. The van der Waals surface area contributed by atoms with E-state index in [9.17, 15) is 0 Å². The van der Waals surface area contributed by atoms with Gasteiger partial charge in [0.1, 0.15) is 19.6 Å². The summed E-state index contributed by atoms with van der Waals surface area (Å²) < 4.78 is 12.6. The minimum atomic E-state index is -0.760. The predicted octanol–water partition coefficient (Wildman–Crippen LogP) is 6.93. The van der Waals surface area contributed by atoms with Gasteiger partial charge in [-0.2, -0.15) is 0 Å². The molecule has 2 nitrogen and oxygen atoms in total. The molecular weight excluding hydrogens is 387 g/mol. The van der Waals surface area contributed by atoms with Crippen molar-refractivity contribution in [2.24, 2.45) is 0 Å². The smallest absolute Gasteiger partial charge is 0.131 e. The summed E-state index contributed by atoms with van der Waals surface area (Å²) in [6.45, 7) is 6.95. The van der Waals surface area contributed by atoms with Crippen LogP contribution in [0.4, 0.5) is 0 Å². The first-order chi connectivity index (χ1) is 13.5. The molecule has 28 heavy (non-hydrogen) atoms. The number of hydrogen-bond donors (Lipinski definition) is 0. The Hall–Kier alpha value is -2.02. The van der Waals surface area contributed by atoms with Gasteiger partial charge in [0, 0.05) is 22.1 Å². The van der Waals surface area contributed by atoms with Crippen LogP contribution >= 0.6 is 19.7 Å². The Kier molecular flexibility index (Phi) is 5.62. The number of rotatable bonds is 5. The minimum Gasteiger partial charge on any atom is -0.493 e. The van der Waals surface area contributed by atoms with E-state index in [2.05, 4.69) is 62.4 Å². The monoisotopic (exact) mass is 410 g/mol. The van der Waals surface area contributed by atoms with E-state index < -0.39 is 8.15 Å². The molecule has 3 aromatic rings. The van der Waals surface area contributed by atoms with E-state index >= 15 is 0 Å². The van der Waals surface area contributed by atoms with Gasteiger partial charge in [-0.15, -0.1) is 0 Å². The van der Waals surface area contributed by atoms with E-state index in [1.807, 2.05) is 19.1 Å². The molecule has 0 amide bonds. The summed E-state index contributed by atoms with van der Waals surface area (Å²) in [4.78, 5) is 0. The van der Waals surface area contributed by atoms with Gasteiger partial charge in [0.25, 0.3) is 0 Å². The molecule has 0 aromatic heterocycles. The van der Waals surface area contributed by atoms with Crippen LogP contribution in [0.2, 0.25) is 5.02 Å². The van der Waals surface area contributed by atoms with E-state index in [-0.39, 0.29) is 0 Å². The molecule has 0 saturated carbocycles. The maximum atomic E-state index is 6.38. The second-order valence-electron chi connectivity index (χ2n) is 7.35. The summed E-state index contributed by atoms with van der Waals surface area (Å²) in [6.07, 6.45) is 0.847. The summed E-state index contributed by atoms with van der Waals surface area (Å²) in [5.41, 5.74) is 4.65. The van der Waals surface area contributed by atoms with Crippen LogP contribution in [0.1, 0.15) is 30.9 Å². The van der Waals surface area contributed by atoms with Crippen molar-refractivity contribution in [2.45, 2.75) is 26.7 Å². The molecule has 1 atom stereocenters. The van der Waals surface area contributed by atoms with Gasteiger partial charge < -0.3 is 9.26 Å². The van der Waals surface area contributed by atoms with Crippen LogP contribution < -0.4 is 14.6 Å². The zero-order valence-electron chi connectivity index (χ0n) is 16.4. The molecule has 4 heteroatoms. The highest BCUT2D eigenvalue weighted by atomic mass is 35.5. The highest BCUT2D eigenvalue weighted by Crippen LogP contribution is 2.48. The van der Waals surface area contributed by atoms with Gasteiger partial charge in [-0.1, -0.05) is 67.9 Å². The molecular formula is C24H24ClO2P. The van der Waals surface area contributed by atoms with Gasteiger partial charge in [-0.3, -0.25) is 0 Å². The van der Waals surface area contributed by atoms with Crippen LogP contribution in [0.5, 0.6) is 11.5 Å². The second-order valence-corrected chi connectivity index (χ2v) is 9.62. The molecule has 0 bridgehead atoms. The number of benzene rings is 3. The summed E-state index contributed by atoms with van der Waals surface area (Å²) >= 11 is 6.32. The topological polar surface area (TPSA) is 18.5 Å². The Morgan fingerprint density at radius 2 is 1.71 bits per heavy atom. The van der Waals surface area contributed by atoms with Crippen LogP contribution in [-0.2, 0) is 0 Å². The Morgan fingerprint density at radius 1 is 1.00 bits per heavy atom. The zero-order chi connectivity index (χ0) is 19.7. The van der Waals surface area contributed by atoms with Crippen molar-refractivity contribution in [1.82, 2.24) is 0 Å². The van der Waals surface area contributed by atoms with Crippen molar-refractivity contribution in [1.29, 1.82) is 0 Å². The van der Waals surface area contributed by atoms with Crippen LogP contribution in [0.3, 0.4) is 0 Å². The standard InChI is InChI=1S/C24H24ClO2P/c1-16(2)20-15-21(25)17(3)14-23(20)26-12-13-28-24-11-7-5-9-19(24)18-8-4-6-10-22(18)27-28/h4-11,14-16H,12-13H2,1-3H3. The average Bonchev–Trinajstić information content (AvgIpc) is 2.70. The summed E-state index contributed by atoms with van der Waals surface area (Å²) in [5, 5.41) is 2.08. The lowest BCUT2D eigenvalue weighted by Crippen LogP contribution is -2.18. The molecule has 4 rings (SSSR count). The Labute approximate surface area is 173 Å². The minimum absolute atomic E-state index is 0.359. The highest BCUT2D eigenvalue weighted by Gasteiger charge is 2.26. The van der Waals surface area contributed by atoms with Crippen LogP contribution in [-0.4, -0.2) is 12.8 Å². The maximum Gasteiger partial charge on any atom is 0.131 e. The molecule has 3 aromatic carbocycles. The lowest BCUT2D eigenvalue weighted by molar-refractivity contribution is 0.335. The number of hydrogen-bond acceptors (Lipinski definition) is 2. The number of fused-ring (bicyclic) bond motifs is 3. The first kappa shape index (κ1) is 19.3. The third kappa shape index (κ3) is 3.77. The molecule has 1 aliphatic rings. The van der Waals surface area contributed by atoms with Crippen molar-refractivity contribution in [2.75, 3.05) is 12.8 Å². The molecule has 1 unspecified atom stereocenters. The predicted molar refractivity (Wildman–Crippen MR) is 120 cm³/mol. The van der Waals surface area contributed by atoms with E-state index in [4.69, 9.17) is 20.9 Å². The number of ether oxygens (including phenoxy) is 1. The van der Waals surface area contributed by atoms with Gasteiger partial charge >= 0.3 is 0 Å². The second kappa shape index (κ2) is 8.15. The average molecular weight is 411 g/mol. The fourth-order valence-electron chi connectivity index (χ4n) is 3.51. The normalized spacial score (nSPS) is 15.0. The number of para-hydroxylation sites is 1. The first-order valence-electron chi connectivity index (χ1n) is 9.61. The third-order valence-corrected chi connectivity index (χ3v) is 7.36. The van der Waals surface area contributed by atoms with E-state index in [0.29, 0.717) is 12.5 Å². The Balaban J connectivity index is 1.53. The van der Waals surface area contributed by atoms with Gasteiger partial charge in [-0.25, -0.2) is 0 Å². The number of halogens is 1. The Bertz CT molecular complexity index is 1000. The van der Waals surface area contributed by atoms with Crippen LogP contribution in [0, 0.1) is 6.92 Å². The van der Waals surface area contributed by atoms with Crippen LogP contribution in [0.25, 0.3) is 11.1 Å². The summed E-state index contributed by atoms with van der Waals surface area (Å²) in [6, 6.07) is 20.9. The van der Waals surface area contributed by atoms with E-state index in [1.54, 1.807) is 0 Å². The molecule has 0 spiro atoms. The van der Waals surface area contributed by atoms with Crippen molar-refractivity contribution in [3.63, 3.8) is 0 Å². The third-order valence-electron chi connectivity index (χ3n) is 5.02. The molecule has 0 radical (unpaired) electrons. The largest absolute Gasteiger partial charge is 0.493 e. The first-order valence-corrected chi connectivity index (χ1v) is 11.4. The summed E-state index contributed by atoms with van der Waals surface area (Å²) in [5.74, 6) is 2.26. The van der Waals surface area contributed by atoms with Crippen molar-refractivity contribution < 1.29 is 9.26 Å². The van der Waals surface area contributed by atoms with E-state index in [0.717, 1.165) is 33.8 Å². The van der Waals surface area contributed by atoms with Gasteiger partial charge in [-0.05, 0) is 47.7 Å². The highest BCUT2D eigenvalue weighted by molar-refractivity contribution is 7.61. The SMILES string of the molecule is Cc1cc(OCCP2Oc3ccccc3-c3ccccc32)c(C(C)C)cc1Cl. The van der Waals surface area contributed by atoms with E-state index in [1.165, 1.54) is 16.4 Å². The quantitative estimate of drug-likeness (QED) is 0.424. The molecule has 0 fully saturated rings. The maximum absolute atomic E-state index is 6.38. The molecule has 144 valence electrons. The molecule has 1 aliphatic heterocycles. The van der Waals surface area contributed by atoms with Crippen molar-refractivity contribution in [3.8, 4) is 22.6 Å². The van der Waals surface area contributed by atoms with Crippen LogP contribution in [0.15, 0.2) is 60.7 Å². The van der Waals surface area contributed by atoms with Gasteiger partial charge in [0.2, 0.25) is 0 Å². The molecule has 0 saturated heterocycles. The fourth-order valence-corrected chi connectivity index (χ4v) is 5.48.